The largest absolute Gasteiger partial charge is 0.457 e. The highest BCUT2D eigenvalue weighted by Gasteiger charge is 2.38. The van der Waals surface area contributed by atoms with Crippen LogP contribution < -0.4 is 15.4 Å². The number of rotatable bonds is 8. The Balaban J connectivity index is 1.32. The number of carbonyl (C=O) groups is 1. The van der Waals surface area contributed by atoms with Crippen molar-refractivity contribution < 1.29 is 19.5 Å². The first-order valence-electron chi connectivity index (χ1n) is 14.5. The minimum Gasteiger partial charge on any atom is -0.457 e. The fourth-order valence-electron chi connectivity index (χ4n) is 6.64. The number of nitrogens with two attached hydrogens (primary N) is 1. The summed E-state index contributed by atoms with van der Waals surface area (Å²) < 4.78 is 6.09. The van der Waals surface area contributed by atoms with Gasteiger partial charge in [-0.3, -0.25) is 9.69 Å². The normalized spacial score (nSPS) is 24.7. The lowest BCUT2D eigenvalue weighted by atomic mass is 9.80. The Bertz CT molecular complexity index is 1110. The molecule has 2 fully saturated rings. The van der Waals surface area contributed by atoms with Crippen LogP contribution in [0.5, 0.6) is 11.5 Å². The van der Waals surface area contributed by atoms with Crippen LogP contribution in [-0.2, 0) is 11.3 Å². The van der Waals surface area contributed by atoms with Crippen LogP contribution >= 0.6 is 0 Å². The summed E-state index contributed by atoms with van der Waals surface area (Å²) in [5.41, 5.74) is 8.60. The van der Waals surface area contributed by atoms with Gasteiger partial charge in [0.2, 0.25) is 5.91 Å². The topological polar surface area (TPSA) is 92.6 Å². The van der Waals surface area contributed by atoms with Gasteiger partial charge in [0.05, 0.1) is 17.8 Å². The maximum Gasteiger partial charge on any atom is 0.299 e. The van der Waals surface area contributed by atoms with Gasteiger partial charge in [-0.25, -0.2) is 0 Å². The molecule has 2 atom stereocenters. The maximum atomic E-state index is 13.3. The Morgan fingerprint density at radius 1 is 1.05 bits per heavy atom. The first-order chi connectivity index (χ1) is 18.5. The number of fused-ring (bicyclic) bond motifs is 1. The van der Waals surface area contributed by atoms with E-state index in [1.807, 2.05) is 54.4 Å². The van der Waals surface area contributed by atoms with Crippen LogP contribution in [-0.4, -0.2) is 47.1 Å². The Kier molecular flexibility index (Phi) is 8.65. The molecular weight excluding hydrogens is 476 g/mol. The maximum absolute atomic E-state index is 13.3. The van der Waals surface area contributed by atoms with Crippen molar-refractivity contribution in [2.75, 3.05) is 7.05 Å². The third-order valence-electron chi connectivity index (χ3n) is 8.92. The number of para-hydroxylation sites is 1. The fourth-order valence-corrected chi connectivity index (χ4v) is 6.64. The van der Waals surface area contributed by atoms with E-state index in [0.29, 0.717) is 30.9 Å². The highest BCUT2D eigenvalue weighted by molar-refractivity contribution is 5.77. The van der Waals surface area contributed by atoms with E-state index in [-0.39, 0.29) is 18.1 Å². The van der Waals surface area contributed by atoms with Crippen LogP contribution in [0.3, 0.4) is 0 Å². The summed E-state index contributed by atoms with van der Waals surface area (Å²) in [5.74, 6) is 2.82. The van der Waals surface area contributed by atoms with Gasteiger partial charge in [-0.15, -0.1) is 0 Å². The molecule has 0 aromatic heterocycles. The zero-order valence-corrected chi connectivity index (χ0v) is 22.6. The van der Waals surface area contributed by atoms with Crippen LogP contribution in [0.1, 0.15) is 76.2 Å². The summed E-state index contributed by atoms with van der Waals surface area (Å²) in [6, 6.07) is 16.3. The SMILES string of the molecule is CN(C(=O)CCC(C1CCC(O)CC1)[NH+]1Cc2cc(Oc3ccccc3)ccc2N=C1N)C1CCCCC1. The highest BCUT2D eigenvalue weighted by atomic mass is 16.5. The molecule has 7 nitrogen and oxygen atoms in total. The fraction of sp³-hybridized carbons (Fsp3) is 0.548. The second kappa shape index (κ2) is 12.3. The predicted molar refractivity (Wildman–Crippen MR) is 150 cm³/mol. The lowest BCUT2D eigenvalue weighted by Crippen LogP contribution is -3.19. The Morgan fingerprint density at radius 2 is 1.79 bits per heavy atom. The average Bonchev–Trinajstić information content (AvgIpc) is 2.95. The Labute approximate surface area is 226 Å². The minimum absolute atomic E-state index is 0.182. The number of aliphatic hydroxyl groups is 1. The minimum atomic E-state index is -0.216. The van der Waals surface area contributed by atoms with Crippen molar-refractivity contribution in [3.05, 3.63) is 54.1 Å². The standard InChI is InChI=1S/C31H42N4O3/c1-34(24-8-4-2-5-9-24)30(37)19-18-29(22-12-14-25(36)15-13-22)35-21-23-20-27(16-17-28(23)33-31(35)32)38-26-10-6-3-7-11-26/h3,6-7,10-11,16-17,20,22,24-25,29,36H,2,4-5,8-9,12-15,18-19,21H2,1H3,(H2,32,33)/p+1. The van der Waals surface area contributed by atoms with Crippen molar-refractivity contribution in [2.24, 2.45) is 16.6 Å². The molecular formula is C31H43N4O3+. The van der Waals surface area contributed by atoms with Crippen molar-refractivity contribution in [2.45, 2.75) is 95.4 Å². The molecule has 5 rings (SSSR count). The monoisotopic (exact) mass is 519 g/mol. The molecule has 2 aromatic rings. The molecule has 204 valence electrons. The van der Waals surface area contributed by atoms with Crippen molar-refractivity contribution >= 4 is 17.6 Å². The molecule has 38 heavy (non-hydrogen) atoms. The molecule has 4 N–H and O–H groups in total. The third kappa shape index (κ3) is 6.38. The van der Waals surface area contributed by atoms with E-state index in [1.54, 1.807) is 0 Å². The van der Waals surface area contributed by atoms with Gasteiger partial charge in [0.15, 0.2) is 0 Å². The number of ether oxygens (including phenoxy) is 1. The van der Waals surface area contributed by atoms with Gasteiger partial charge < -0.3 is 20.5 Å². The first kappa shape index (κ1) is 26.7. The predicted octanol–water partition coefficient (Wildman–Crippen LogP) is 4.31. The number of guanidine groups is 1. The van der Waals surface area contributed by atoms with E-state index in [4.69, 9.17) is 15.5 Å². The molecule has 1 aliphatic heterocycles. The van der Waals surface area contributed by atoms with Gasteiger partial charge in [-0.2, -0.15) is 4.99 Å². The van der Waals surface area contributed by atoms with Crippen molar-refractivity contribution in [1.82, 2.24) is 4.90 Å². The smallest absolute Gasteiger partial charge is 0.299 e. The second-order valence-electron chi connectivity index (χ2n) is 11.4. The lowest BCUT2D eigenvalue weighted by Gasteiger charge is -2.38. The summed E-state index contributed by atoms with van der Waals surface area (Å²) in [5, 5.41) is 10.2. The van der Waals surface area contributed by atoms with Crippen LogP contribution in [0, 0.1) is 5.92 Å². The number of hydrogen-bond acceptors (Lipinski definition) is 5. The lowest BCUT2D eigenvalue weighted by molar-refractivity contribution is -0.857. The van der Waals surface area contributed by atoms with Gasteiger partial charge in [0.25, 0.3) is 5.96 Å². The van der Waals surface area contributed by atoms with Crippen LogP contribution in [0.4, 0.5) is 5.69 Å². The van der Waals surface area contributed by atoms with E-state index in [1.165, 1.54) is 19.3 Å². The zero-order valence-electron chi connectivity index (χ0n) is 22.6. The number of nitrogens with zero attached hydrogens (tertiary/aromatic N) is 2. The molecule has 7 heteroatoms. The number of hydrogen-bond donors (Lipinski definition) is 3. The molecule has 0 saturated heterocycles. The summed E-state index contributed by atoms with van der Waals surface area (Å²) in [6.07, 6.45) is 10.6. The molecule has 1 amide bonds. The third-order valence-corrected chi connectivity index (χ3v) is 8.92. The molecule has 0 bridgehead atoms. The van der Waals surface area contributed by atoms with E-state index < -0.39 is 0 Å². The van der Waals surface area contributed by atoms with Gasteiger partial charge >= 0.3 is 0 Å². The van der Waals surface area contributed by atoms with E-state index >= 15 is 0 Å². The molecule has 3 aliphatic rings. The van der Waals surface area contributed by atoms with Crippen LogP contribution in [0.25, 0.3) is 0 Å². The van der Waals surface area contributed by atoms with E-state index in [0.717, 1.165) is 72.6 Å². The quantitative estimate of drug-likeness (QED) is 0.485. The number of quaternary nitrogens is 1. The number of nitrogens with one attached hydrogen (secondary N) is 1. The number of carbonyl (C=O) groups excluding carboxylic acids is 1. The summed E-state index contributed by atoms with van der Waals surface area (Å²) in [7, 11) is 1.98. The number of aliphatic hydroxyl groups excluding tert-OH is 1. The molecule has 0 radical (unpaired) electrons. The van der Waals surface area contributed by atoms with Crippen LogP contribution in [0.2, 0.25) is 0 Å². The number of amides is 1. The summed E-state index contributed by atoms with van der Waals surface area (Å²) in [6.45, 7) is 0.715. The van der Waals surface area contributed by atoms with Gasteiger partial charge in [-0.05, 0) is 68.9 Å². The highest BCUT2D eigenvalue weighted by Crippen LogP contribution is 2.31. The molecule has 2 saturated carbocycles. The molecule has 2 aliphatic carbocycles. The summed E-state index contributed by atoms with van der Waals surface area (Å²) in [4.78, 5) is 21.2. The van der Waals surface area contributed by atoms with Crippen molar-refractivity contribution in [1.29, 1.82) is 0 Å². The number of benzene rings is 2. The summed E-state index contributed by atoms with van der Waals surface area (Å²) >= 11 is 0. The molecule has 2 unspecified atom stereocenters. The Hall–Kier alpha value is -2.90. The first-order valence-corrected chi connectivity index (χ1v) is 14.5. The van der Waals surface area contributed by atoms with E-state index in [2.05, 4.69) is 6.07 Å². The number of aliphatic imine (C=N–C) groups is 1. The van der Waals surface area contributed by atoms with Crippen molar-refractivity contribution in [3.63, 3.8) is 0 Å². The van der Waals surface area contributed by atoms with Gasteiger partial charge in [0.1, 0.15) is 18.0 Å². The van der Waals surface area contributed by atoms with Gasteiger partial charge in [0, 0.05) is 37.4 Å². The van der Waals surface area contributed by atoms with Crippen molar-refractivity contribution in [3.8, 4) is 11.5 Å². The Morgan fingerprint density at radius 3 is 2.53 bits per heavy atom. The van der Waals surface area contributed by atoms with Gasteiger partial charge in [-0.1, -0.05) is 37.5 Å². The molecule has 2 aromatic carbocycles. The van der Waals surface area contributed by atoms with E-state index in [9.17, 15) is 9.90 Å². The average molecular weight is 520 g/mol. The second-order valence-corrected chi connectivity index (χ2v) is 11.4. The van der Waals surface area contributed by atoms with Crippen LogP contribution in [0.15, 0.2) is 53.5 Å². The molecule has 1 heterocycles. The molecule has 0 spiro atoms. The zero-order chi connectivity index (χ0) is 26.5.